The first-order chi connectivity index (χ1) is 10.0. The van der Waals surface area contributed by atoms with Crippen molar-refractivity contribution in [2.45, 2.75) is 23.5 Å². The molecule has 0 radical (unpaired) electrons. The van der Waals surface area contributed by atoms with E-state index < -0.39 is 16.4 Å². The molecule has 3 rings (SSSR count). The SMILES string of the molecule is Cc1cccc(S(=O)(=O)c2nc3[nH]ccc3nc2CO)c1. The molecule has 7 heteroatoms. The lowest BCUT2D eigenvalue weighted by Gasteiger charge is -2.08. The highest BCUT2D eigenvalue weighted by molar-refractivity contribution is 7.91. The van der Waals surface area contributed by atoms with Crippen LogP contribution in [0.2, 0.25) is 0 Å². The lowest BCUT2D eigenvalue weighted by atomic mass is 10.2. The Morgan fingerprint density at radius 2 is 2.05 bits per heavy atom. The maximum absolute atomic E-state index is 12.7. The molecule has 3 aromatic rings. The van der Waals surface area contributed by atoms with Crippen molar-refractivity contribution in [3.8, 4) is 0 Å². The molecule has 0 unspecified atom stereocenters. The van der Waals surface area contributed by atoms with Crippen LogP contribution in [0.4, 0.5) is 0 Å². The Balaban J connectivity index is 2.27. The van der Waals surface area contributed by atoms with E-state index >= 15 is 0 Å². The maximum atomic E-state index is 12.7. The second kappa shape index (κ2) is 4.94. The van der Waals surface area contributed by atoms with Crippen molar-refractivity contribution in [2.75, 3.05) is 0 Å². The van der Waals surface area contributed by atoms with Gasteiger partial charge in [-0.15, -0.1) is 0 Å². The fourth-order valence-corrected chi connectivity index (χ4v) is 3.56. The minimum absolute atomic E-state index is 0.0450. The molecule has 0 atom stereocenters. The fourth-order valence-electron chi connectivity index (χ4n) is 2.10. The number of fused-ring (bicyclic) bond motifs is 1. The number of sulfone groups is 1. The van der Waals surface area contributed by atoms with Gasteiger partial charge < -0.3 is 10.1 Å². The first kappa shape index (κ1) is 13.7. The van der Waals surface area contributed by atoms with Gasteiger partial charge >= 0.3 is 0 Å². The van der Waals surface area contributed by atoms with E-state index in [2.05, 4.69) is 15.0 Å². The third-order valence-electron chi connectivity index (χ3n) is 3.12. The number of benzene rings is 1. The summed E-state index contributed by atoms with van der Waals surface area (Å²) in [4.78, 5) is 11.2. The average Bonchev–Trinajstić information content (AvgIpc) is 2.93. The highest BCUT2D eigenvalue weighted by atomic mass is 32.2. The molecule has 21 heavy (non-hydrogen) atoms. The Morgan fingerprint density at radius 1 is 1.24 bits per heavy atom. The number of aromatic amines is 1. The van der Waals surface area contributed by atoms with Gasteiger partial charge in [0.15, 0.2) is 10.7 Å². The minimum atomic E-state index is -3.83. The van der Waals surface area contributed by atoms with Crippen LogP contribution in [0, 0.1) is 6.92 Å². The standard InChI is InChI=1S/C14H13N3O3S/c1-9-3-2-4-10(7-9)21(19,20)14-12(8-18)16-11-5-6-15-13(11)17-14/h2-7,18H,8H2,1H3,(H,15,17). The Kier molecular flexibility index (Phi) is 3.23. The zero-order valence-corrected chi connectivity index (χ0v) is 12.1. The Morgan fingerprint density at radius 3 is 2.76 bits per heavy atom. The first-order valence-electron chi connectivity index (χ1n) is 6.29. The normalized spacial score (nSPS) is 11.9. The minimum Gasteiger partial charge on any atom is -0.390 e. The molecular weight excluding hydrogens is 290 g/mol. The Labute approximate surface area is 121 Å². The lowest BCUT2D eigenvalue weighted by molar-refractivity contribution is 0.272. The smallest absolute Gasteiger partial charge is 0.225 e. The third-order valence-corrected chi connectivity index (χ3v) is 4.83. The molecule has 108 valence electrons. The van der Waals surface area contributed by atoms with Crippen molar-refractivity contribution >= 4 is 21.0 Å². The van der Waals surface area contributed by atoms with E-state index in [1.54, 1.807) is 24.4 Å². The lowest BCUT2D eigenvalue weighted by Crippen LogP contribution is -2.10. The van der Waals surface area contributed by atoms with Crippen LogP contribution < -0.4 is 0 Å². The number of hydrogen-bond acceptors (Lipinski definition) is 5. The second-order valence-corrected chi connectivity index (χ2v) is 6.53. The number of nitrogens with one attached hydrogen (secondary N) is 1. The number of aryl methyl sites for hydroxylation is 1. The van der Waals surface area contributed by atoms with Crippen LogP contribution in [0.3, 0.4) is 0 Å². The molecule has 0 aliphatic heterocycles. The summed E-state index contributed by atoms with van der Waals surface area (Å²) in [5.41, 5.74) is 1.76. The summed E-state index contributed by atoms with van der Waals surface area (Å²) in [6, 6.07) is 8.22. The summed E-state index contributed by atoms with van der Waals surface area (Å²) in [5, 5.41) is 9.19. The van der Waals surface area contributed by atoms with Crippen LogP contribution in [-0.2, 0) is 16.4 Å². The molecule has 0 saturated carbocycles. The van der Waals surface area contributed by atoms with Crippen LogP contribution in [-0.4, -0.2) is 28.5 Å². The molecular formula is C14H13N3O3S. The summed E-state index contributed by atoms with van der Waals surface area (Å²) in [6.07, 6.45) is 1.62. The number of hydrogen-bond donors (Lipinski definition) is 2. The van der Waals surface area contributed by atoms with Gasteiger partial charge in [0.25, 0.3) is 0 Å². The number of nitrogens with zero attached hydrogens (tertiary/aromatic N) is 2. The maximum Gasteiger partial charge on any atom is 0.225 e. The zero-order chi connectivity index (χ0) is 15.0. The summed E-state index contributed by atoms with van der Waals surface area (Å²) in [7, 11) is -3.83. The van der Waals surface area contributed by atoms with Gasteiger partial charge in [-0.3, -0.25) is 0 Å². The summed E-state index contributed by atoms with van der Waals surface area (Å²) in [5.74, 6) is 0. The van der Waals surface area contributed by atoms with E-state index in [1.807, 2.05) is 13.0 Å². The summed E-state index contributed by atoms with van der Waals surface area (Å²) >= 11 is 0. The van der Waals surface area contributed by atoms with Crippen LogP contribution in [0.1, 0.15) is 11.3 Å². The number of H-pyrrole nitrogens is 1. The summed E-state index contributed by atoms with van der Waals surface area (Å²) in [6.45, 7) is 1.32. The molecule has 0 aliphatic carbocycles. The summed E-state index contributed by atoms with van der Waals surface area (Å²) < 4.78 is 25.4. The topological polar surface area (TPSA) is 95.9 Å². The van der Waals surface area contributed by atoms with Crippen molar-refractivity contribution in [2.24, 2.45) is 0 Å². The zero-order valence-electron chi connectivity index (χ0n) is 11.2. The van der Waals surface area contributed by atoms with Gasteiger partial charge in [0.05, 0.1) is 11.5 Å². The van der Waals surface area contributed by atoms with E-state index in [1.165, 1.54) is 6.07 Å². The van der Waals surface area contributed by atoms with Gasteiger partial charge in [-0.1, -0.05) is 12.1 Å². The van der Waals surface area contributed by atoms with Gasteiger partial charge in [-0.05, 0) is 30.7 Å². The molecule has 0 spiro atoms. The van der Waals surface area contributed by atoms with Crippen LogP contribution in [0.15, 0.2) is 46.5 Å². The molecule has 2 N–H and O–H groups in total. The van der Waals surface area contributed by atoms with Gasteiger partial charge in [0, 0.05) is 6.20 Å². The molecule has 0 fully saturated rings. The number of rotatable bonds is 3. The largest absolute Gasteiger partial charge is 0.390 e. The van der Waals surface area contributed by atoms with Gasteiger partial charge in [-0.2, -0.15) is 0 Å². The second-order valence-electron chi connectivity index (χ2n) is 4.67. The van der Waals surface area contributed by atoms with Crippen molar-refractivity contribution in [1.29, 1.82) is 0 Å². The van der Waals surface area contributed by atoms with E-state index in [-0.39, 0.29) is 15.6 Å². The van der Waals surface area contributed by atoms with Gasteiger partial charge in [0.2, 0.25) is 9.84 Å². The van der Waals surface area contributed by atoms with E-state index in [9.17, 15) is 13.5 Å². The van der Waals surface area contributed by atoms with Gasteiger partial charge in [0.1, 0.15) is 11.2 Å². The highest BCUT2D eigenvalue weighted by Gasteiger charge is 2.25. The average molecular weight is 303 g/mol. The van der Waals surface area contributed by atoms with Crippen molar-refractivity contribution in [3.63, 3.8) is 0 Å². The molecule has 2 aromatic heterocycles. The predicted molar refractivity (Wildman–Crippen MR) is 76.4 cm³/mol. The van der Waals surface area contributed by atoms with Crippen molar-refractivity contribution < 1.29 is 13.5 Å². The number of aliphatic hydroxyl groups excluding tert-OH is 1. The van der Waals surface area contributed by atoms with Crippen molar-refractivity contribution in [1.82, 2.24) is 15.0 Å². The van der Waals surface area contributed by atoms with E-state index in [4.69, 9.17) is 0 Å². The predicted octanol–water partition coefficient (Wildman–Crippen LogP) is 1.59. The molecule has 0 bridgehead atoms. The van der Waals surface area contributed by atoms with Crippen LogP contribution >= 0.6 is 0 Å². The van der Waals surface area contributed by atoms with E-state index in [0.29, 0.717) is 11.2 Å². The van der Waals surface area contributed by atoms with Crippen molar-refractivity contribution in [3.05, 3.63) is 47.8 Å². The highest BCUT2D eigenvalue weighted by Crippen LogP contribution is 2.24. The Bertz CT molecular complexity index is 916. The molecule has 0 aliphatic rings. The quantitative estimate of drug-likeness (QED) is 0.766. The molecule has 1 aromatic carbocycles. The molecule has 6 nitrogen and oxygen atoms in total. The van der Waals surface area contributed by atoms with Crippen LogP contribution in [0.5, 0.6) is 0 Å². The number of aliphatic hydroxyl groups is 1. The fraction of sp³-hybridized carbons (Fsp3) is 0.143. The van der Waals surface area contributed by atoms with Crippen LogP contribution in [0.25, 0.3) is 11.2 Å². The molecule has 0 amide bonds. The van der Waals surface area contributed by atoms with Gasteiger partial charge in [-0.25, -0.2) is 18.4 Å². The molecule has 0 saturated heterocycles. The first-order valence-corrected chi connectivity index (χ1v) is 7.77. The third kappa shape index (κ3) is 2.30. The Hall–Kier alpha value is -2.25. The molecule has 2 heterocycles. The number of aromatic nitrogens is 3. The van der Waals surface area contributed by atoms with E-state index in [0.717, 1.165) is 5.56 Å². The monoisotopic (exact) mass is 303 g/mol.